The van der Waals surface area contributed by atoms with Gasteiger partial charge >= 0.3 is 11.9 Å². The Hall–Kier alpha value is -3.58. The number of benzene rings is 1. The molecule has 0 aliphatic carbocycles. The molecule has 202 valence electrons. The standard InChI is InChI=1S/C24H33N5O7S/c1-13(25)21(32)27-18(9-10-37-2)23(34)28-17(7-8-20(30)31)22(33)29-19(24(35)36)11-14-12-26-16-6-4-3-5-15(14)16/h3-6,12-13,17-19,26H,7-11,25H2,1-2H3,(H,27,32)(H,28,34)(H,29,33)(H,30,31)(H,35,36). The van der Waals surface area contributed by atoms with Crippen LogP contribution in [0.25, 0.3) is 10.9 Å². The highest BCUT2D eigenvalue weighted by atomic mass is 32.2. The van der Waals surface area contributed by atoms with Crippen molar-refractivity contribution in [3.63, 3.8) is 0 Å². The number of carbonyl (C=O) groups is 5. The second-order valence-electron chi connectivity index (χ2n) is 8.59. The Morgan fingerprint density at radius 2 is 1.54 bits per heavy atom. The Morgan fingerprint density at radius 1 is 0.946 bits per heavy atom. The molecule has 37 heavy (non-hydrogen) atoms. The van der Waals surface area contributed by atoms with E-state index in [-0.39, 0.29) is 19.3 Å². The molecule has 1 heterocycles. The summed E-state index contributed by atoms with van der Waals surface area (Å²) in [6.45, 7) is 1.46. The summed E-state index contributed by atoms with van der Waals surface area (Å²) in [6, 6.07) is 2.76. The van der Waals surface area contributed by atoms with Gasteiger partial charge in [-0.3, -0.25) is 19.2 Å². The van der Waals surface area contributed by atoms with Crippen molar-refractivity contribution in [2.24, 2.45) is 5.73 Å². The summed E-state index contributed by atoms with van der Waals surface area (Å²) in [5, 5.41) is 27.1. The number of rotatable bonds is 15. The molecule has 2 rings (SSSR count). The molecule has 1 aromatic heterocycles. The number of nitrogens with one attached hydrogen (secondary N) is 4. The summed E-state index contributed by atoms with van der Waals surface area (Å²) < 4.78 is 0. The molecule has 2 aromatic rings. The molecule has 0 saturated carbocycles. The van der Waals surface area contributed by atoms with Gasteiger partial charge in [-0.15, -0.1) is 0 Å². The maximum absolute atomic E-state index is 13.1. The highest BCUT2D eigenvalue weighted by Gasteiger charge is 2.30. The van der Waals surface area contributed by atoms with Gasteiger partial charge in [0.05, 0.1) is 6.04 Å². The van der Waals surface area contributed by atoms with Gasteiger partial charge in [-0.2, -0.15) is 11.8 Å². The van der Waals surface area contributed by atoms with E-state index in [1.165, 1.54) is 18.7 Å². The van der Waals surface area contributed by atoms with Crippen molar-refractivity contribution in [3.8, 4) is 0 Å². The van der Waals surface area contributed by atoms with E-state index < -0.39 is 60.2 Å². The fraction of sp³-hybridized carbons (Fsp3) is 0.458. The highest BCUT2D eigenvalue weighted by Crippen LogP contribution is 2.19. The van der Waals surface area contributed by atoms with Gasteiger partial charge < -0.3 is 36.9 Å². The average Bonchev–Trinajstić information content (AvgIpc) is 3.25. The van der Waals surface area contributed by atoms with E-state index in [1.807, 2.05) is 30.5 Å². The molecule has 0 radical (unpaired) electrons. The molecule has 0 bridgehead atoms. The third-order valence-electron chi connectivity index (χ3n) is 5.65. The number of carbonyl (C=O) groups excluding carboxylic acids is 3. The van der Waals surface area contributed by atoms with Crippen molar-refractivity contribution in [3.05, 3.63) is 36.0 Å². The second kappa shape index (κ2) is 14.2. The van der Waals surface area contributed by atoms with Gasteiger partial charge in [0.25, 0.3) is 0 Å². The van der Waals surface area contributed by atoms with E-state index in [1.54, 1.807) is 6.20 Å². The summed E-state index contributed by atoms with van der Waals surface area (Å²) in [7, 11) is 0. The zero-order valence-corrected chi connectivity index (χ0v) is 21.5. The number of hydrogen-bond donors (Lipinski definition) is 7. The van der Waals surface area contributed by atoms with Crippen LogP contribution in [0.3, 0.4) is 0 Å². The quantitative estimate of drug-likeness (QED) is 0.166. The SMILES string of the molecule is CSCCC(NC(=O)C(C)N)C(=O)NC(CCC(=O)O)C(=O)NC(Cc1c[nH]c2ccccc12)C(=O)O. The molecule has 0 aliphatic rings. The van der Waals surface area contributed by atoms with Crippen molar-refractivity contribution in [1.29, 1.82) is 0 Å². The van der Waals surface area contributed by atoms with Gasteiger partial charge in [0.1, 0.15) is 18.1 Å². The third-order valence-corrected chi connectivity index (χ3v) is 6.29. The third kappa shape index (κ3) is 9.10. The lowest BCUT2D eigenvalue weighted by atomic mass is 10.0. The van der Waals surface area contributed by atoms with Crippen LogP contribution in [0.4, 0.5) is 0 Å². The minimum Gasteiger partial charge on any atom is -0.481 e. The molecule has 4 atom stereocenters. The van der Waals surface area contributed by atoms with Crippen LogP contribution < -0.4 is 21.7 Å². The number of nitrogens with two attached hydrogens (primary N) is 1. The summed E-state index contributed by atoms with van der Waals surface area (Å²) in [5.74, 6) is -4.05. The molecular weight excluding hydrogens is 502 g/mol. The Kier molecular flexibility index (Phi) is 11.4. The normalized spacial score (nSPS) is 14.2. The fourth-order valence-corrected chi connectivity index (χ4v) is 4.08. The number of carboxylic acids is 2. The average molecular weight is 536 g/mol. The van der Waals surface area contributed by atoms with E-state index in [2.05, 4.69) is 20.9 Å². The predicted octanol–water partition coefficient (Wildman–Crippen LogP) is 0.215. The molecule has 0 fully saturated rings. The summed E-state index contributed by atoms with van der Waals surface area (Å²) in [6.07, 6.45) is 2.98. The molecule has 13 heteroatoms. The predicted molar refractivity (Wildman–Crippen MR) is 139 cm³/mol. The molecular formula is C24H33N5O7S. The minimum atomic E-state index is -1.34. The van der Waals surface area contributed by atoms with Gasteiger partial charge in [-0.05, 0) is 43.4 Å². The summed E-state index contributed by atoms with van der Waals surface area (Å²) in [5.41, 5.74) is 7.06. The second-order valence-corrected chi connectivity index (χ2v) is 9.57. The van der Waals surface area contributed by atoms with E-state index in [9.17, 15) is 29.1 Å². The van der Waals surface area contributed by atoms with Crippen LogP contribution in [0.2, 0.25) is 0 Å². The van der Waals surface area contributed by atoms with Crippen molar-refractivity contribution < 1.29 is 34.2 Å². The van der Waals surface area contributed by atoms with Crippen LogP contribution in [0.1, 0.15) is 31.7 Å². The number of para-hydroxylation sites is 1. The Bertz CT molecular complexity index is 1120. The van der Waals surface area contributed by atoms with E-state index in [0.29, 0.717) is 11.3 Å². The van der Waals surface area contributed by atoms with Crippen molar-refractivity contribution in [2.45, 2.75) is 56.8 Å². The van der Waals surface area contributed by atoms with Gasteiger partial charge in [-0.25, -0.2) is 4.79 Å². The largest absolute Gasteiger partial charge is 0.481 e. The molecule has 0 aliphatic heterocycles. The monoisotopic (exact) mass is 535 g/mol. The zero-order chi connectivity index (χ0) is 27.5. The number of H-pyrrole nitrogens is 1. The summed E-state index contributed by atoms with van der Waals surface area (Å²) >= 11 is 1.45. The number of fused-ring (bicyclic) bond motifs is 1. The number of hydrogen-bond acceptors (Lipinski definition) is 7. The van der Waals surface area contributed by atoms with Crippen molar-refractivity contribution in [1.82, 2.24) is 20.9 Å². The molecule has 0 saturated heterocycles. The lowest BCUT2D eigenvalue weighted by Gasteiger charge is -2.24. The number of aromatic nitrogens is 1. The first-order valence-electron chi connectivity index (χ1n) is 11.7. The Balaban J connectivity index is 2.19. The number of aliphatic carboxylic acids is 2. The Labute approximate surface area is 218 Å². The van der Waals surface area contributed by atoms with Crippen LogP contribution in [-0.4, -0.2) is 81.0 Å². The van der Waals surface area contributed by atoms with Crippen molar-refractivity contribution in [2.75, 3.05) is 12.0 Å². The van der Waals surface area contributed by atoms with Gasteiger partial charge in [0, 0.05) is 29.9 Å². The maximum atomic E-state index is 13.1. The first kappa shape index (κ1) is 29.6. The first-order valence-corrected chi connectivity index (χ1v) is 13.1. The van der Waals surface area contributed by atoms with Crippen LogP contribution in [0, 0.1) is 0 Å². The maximum Gasteiger partial charge on any atom is 0.326 e. The fourth-order valence-electron chi connectivity index (χ4n) is 3.61. The van der Waals surface area contributed by atoms with Gasteiger partial charge in [0.2, 0.25) is 17.7 Å². The Morgan fingerprint density at radius 3 is 2.14 bits per heavy atom. The first-order chi connectivity index (χ1) is 17.5. The number of amides is 3. The molecule has 12 nitrogen and oxygen atoms in total. The van der Waals surface area contributed by atoms with Crippen LogP contribution in [0.5, 0.6) is 0 Å². The van der Waals surface area contributed by atoms with Gasteiger partial charge in [-0.1, -0.05) is 18.2 Å². The smallest absolute Gasteiger partial charge is 0.326 e. The number of carboxylic acid groups (broad SMARTS) is 2. The minimum absolute atomic E-state index is 0.0362. The van der Waals surface area contributed by atoms with Crippen LogP contribution in [-0.2, 0) is 30.4 Å². The summed E-state index contributed by atoms with van der Waals surface area (Å²) in [4.78, 5) is 64.3. The van der Waals surface area contributed by atoms with Crippen LogP contribution >= 0.6 is 11.8 Å². The number of aromatic amines is 1. The lowest BCUT2D eigenvalue weighted by molar-refractivity contribution is -0.143. The van der Waals surface area contributed by atoms with Gasteiger partial charge in [0.15, 0.2) is 0 Å². The van der Waals surface area contributed by atoms with Crippen molar-refractivity contribution >= 4 is 52.3 Å². The van der Waals surface area contributed by atoms with E-state index >= 15 is 0 Å². The van der Waals surface area contributed by atoms with Crippen LogP contribution in [0.15, 0.2) is 30.5 Å². The lowest BCUT2D eigenvalue weighted by Crippen LogP contribution is -2.57. The zero-order valence-electron chi connectivity index (χ0n) is 20.7. The molecule has 0 spiro atoms. The molecule has 4 unspecified atom stereocenters. The van der Waals surface area contributed by atoms with E-state index in [0.717, 1.165) is 10.9 Å². The van der Waals surface area contributed by atoms with E-state index in [4.69, 9.17) is 10.8 Å². The molecule has 1 aromatic carbocycles. The number of thioether (sulfide) groups is 1. The molecule has 3 amide bonds. The topological polar surface area (TPSA) is 204 Å². The molecule has 8 N–H and O–H groups in total. The highest BCUT2D eigenvalue weighted by molar-refractivity contribution is 7.98.